The van der Waals surface area contributed by atoms with E-state index in [1.807, 2.05) is 42.2 Å². The first kappa shape index (κ1) is 18.4. The minimum atomic E-state index is 0.0547. The maximum absolute atomic E-state index is 12.6. The van der Waals surface area contributed by atoms with E-state index in [0.29, 0.717) is 18.5 Å². The average molecular weight is 375 g/mol. The van der Waals surface area contributed by atoms with E-state index in [9.17, 15) is 10.1 Å². The van der Waals surface area contributed by atoms with Crippen molar-refractivity contribution < 1.29 is 4.79 Å². The number of piperidine rings is 2. The molecular formula is C22H25N5O. The SMILES string of the molecule is Cc1ccc(C#N)c(N2CCC[C@@]3(CCC(=O)N(Cc4ccccn4)C3)C2)n1. The molecule has 1 amide bonds. The number of anilines is 1. The van der Waals surface area contributed by atoms with E-state index in [0.717, 1.165) is 56.1 Å². The number of aromatic nitrogens is 2. The molecule has 0 saturated carbocycles. The first-order valence-electron chi connectivity index (χ1n) is 9.89. The number of nitriles is 1. The molecular weight excluding hydrogens is 350 g/mol. The lowest BCUT2D eigenvalue weighted by molar-refractivity contribution is -0.138. The zero-order chi connectivity index (χ0) is 19.6. The van der Waals surface area contributed by atoms with Crippen LogP contribution in [0.3, 0.4) is 0 Å². The highest BCUT2D eigenvalue weighted by atomic mass is 16.2. The Bertz CT molecular complexity index is 907. The van der Waals surface area contributed by atoms with Crippen LogP contribution in [-0.4, -0.2) is 40.4 Å². The minimum Gasteiger partial charge on any atom is -0.355 e. The molecule has 2 aromatic heterocycles. The Balaban J connectivity index is 1.55. The van der Waals surface area contributed by atoms with Gasteiger partial charge >= 0.3 is 0 Å². The maximum atomic E-state index is 12.6. The van der Waals surface area contributed by atoms with Crippen LogP contribution in [0.5, 0.6) is 0 Å². The van der Waals surface area contributed by atoms with Gasteiger partial charge in [-0.15, -0.1) is 0 Å². The monoisotopic (exact) mass is 375 g/mol. The number of aryl methyl sites for hydroxylation is 1. The molecule has 2 aliphatic heterocycles. The summed E-state index contributed by atoms with van der Waals surface area (Å²) >= 11 is 0. The number of pyridine rings is 2. The normalized spacial score (nSPS) is 22.4. The summed E-state index contributed by atoms with van der Waals surface area (Å²) in [7, 11) is 0. The predicted molar refractivity (Wildman–Crippen MR) is 106 cm³/mol. The molecule has 2 aromatic rings. The van der Waals surface area contributed by atoms with E-state index in [4.69, 9.17) is 0 Å². The van der Waals surface area contributed by atoms with Crippen LogP contribution in [-0.2, 0) is 11.3 Å². The summed E-state index contributed by atoms with van der Waals surface area (Å²) in [6.45, 7) is 5.00. The van der Waals surface area contributed by atoms with Crippen LogP contribution in [0.2, 0.25) is 0 Å². The summed E-state index contributed by atoms with van der Waals surface area (Å²) in [6, 6.07) is 11.8. The third-order valence-electron chi connectivity index (χ3n) is 5.92. The molecule has 4 rings (SSSR count). The van der Waals surface area contributed by atoms with Gasteiger partial charge < -0.3 is 9.80 Å². The van der Waals surface area contributed by atoms with Crippen LogP contribution in [0, 0.1) is 23.7 Å². The number of hydrogen-bond acceptors (Lipinski definition) is 5. The molecule has 144 valence electrons. The second-order valence-corrected chi connectivity index (χ2v) is 8.03. The van der Waals surface area contributed by atoms with Gasteiger partial charge in [0.25, 0.3) is 0 Å². The molecule has 2 fully saturated rings. The second-order valence-electron chi connectivity index (χ2n) is 8.03. The number of carbonyl (C=O) groups is 1. The van der Waals surface area contributed by atoms with Crippen molar-refractivity contribution in [2.24, 2.45) is 5.41 Å². The quantitative estimate of drug-likeness (QED) is 0.824. The third kappa shape index (κ3) is 3.70. The highest BCUT2D eigenvalue weighted by molar-refractivity contribution is 5.77. The molecule has 0 aliphatic carbocycles. The molecule has 0 aromatic carbocycles. The fourth-order valence-corrected chi connectivity index (χ4v) is 4.53. The van der Waals surface area contributed by atoms with Crippen LogP contribution < -0.4 is 4.90 Å². The first-order chi connectivity index (χ1) is 13.6. The van der Waals surface area contributed by atoms with Crippen molar-refractivity contribution in [2.75, 3.05) is 24.5 Å². The van der Waals surface area contributed by atoms with Crippen molar-refractivity contribution in [1.82, 2.24) is 14.9 Å². The Labute approximate surface area is 165 Å². The Kier molecular flexibility index (Phi) is 4.99. The Hall–Kier alpha value is -2.94. The largest absolute Gasteiger partial charge is 0.355 e. The van der Waals surface area contributed by atoms with E-state index in [1.54, 1.807) is 6.20 Å². The average Bonchev–Trinajstić information content (AvgIpc) is 2.72. The molecule has 0 radical (unpaired) electrons. The van der Waals surface area contributed by atoms with Crippen molar-refractivity contribution in [3.05, 3.63) is 53.5 Å². The number of rotatable bonds is 3. The molecule has 2 saturated heterocycles. The summed E-state index contributed by atoms with van der Waals surface area (Å²) in [5, 5.41) is 9.51. The summed E-state index contributed by atoms with van der Waals surface area (Å²) < 4.78 is 0. The number of amides is 1. The molecule has 1 atom stereocenters. The van der Waals surface area contributed by atoms with Gasteiger partial charge in [0.2, 0.25) is 5.91 Å². The number of nitrogens with zero attached hydrogens (tertiary/aromatic N) is 5. The lowest BCUT2D eigenvalue weighted by Crippen LogP contribution is -2.54. The number of carbonyl (C=O) groups excluding carboxylic acids is 1. The third-order valence-corrected chi connectivity index (χ3v) is 5.92. The van der Waals surface area contributed by atoms with Gasteiger partial charge in [0, 0.05) is 43.4 Å². The topological polar surface area (TPSA) is 73.1 Å². The zero-order valence-electron chi connectivity index (χ0n) is 16.3. The van der Waals surface area contributed by atoms with Crippen molar-refractivity contribution in [3.63, 3.8) is 0 Å². The molecule has 0 unspecified atom stereocenters. The molecule has 0 N–H and O–H groups in total. The van der Waals surface area contributed by atoms with E-state index in [1.165, 1.54) is 0 Å². The summed E-state index contributed by atoms with van der Waals surface area (Å²) in [6.07, 6.45) is 5.39. The van der Waals surface area contributed by atoms with Gasteiger partial charge in [-0.3, -0.25) is 9.78 Å². The van der Waals surface area contributed by atoms with Crippen molar-refractivity contribution in [2.45, 2.75) is 39.2 Å². The van der Waals surface area contributed by atoms with Crippen molar-refractivity contribution >= 4 is 11.7 Å². The number of hydrogen-bond donors (Lipinski definition) is 0. The fourth-order valence-electron chi connectivity index (χ4n) is 4.53. The van der Waals surface area contributed by atoms with Gasteiger partial charge in [0.15, 0.2) is 0 Å². The van der Waals surface area contributed by atoms with Gasteiger partial charge in [-0.05, 0) is 50.5 Å². The summed E-state index contributed by atoms with van der Waals surface area (Å²) in [5.74, 6) is 0.995. The Morgan fingerprint density at radius 2 is 2.11 bits per heavy atom. The van der Waals surface area contributed by atoms with Crippen molar-refractivity contribution in [3.8, 4) is 6.07 Å². The predicted octanol–water partition coefficient (Wildman–Crippen LogP) is 3.07. The Morgan fingerprint density at radius 1 is 1.21 bits per heavy atom. The molecule has 4 heterocycles. The molecule has 2 aliphatic rings. The highest BCUT2D eigenvalue weighted by Gasteiger charge is 2.42. The fraction of sp³-hybridized carbons (Fsp3) is 0.455. The van der Waals surface area contributed by atoms with Gasteiger partial charge in [-0.1, -0.05) is 6.07 Å². The standard InChI is InChI=1S/C22H25N5O/c1-17-6-7-18(13-23)21(25-17)26-12-4-9-22(15-26)10-8-20(28)27(16-22)14-19-5-2-3-11-24-19/h2-3,5-7,11H,4,8-10,12,14-16H2,1H3/t22-/m1/s1. The van der Waals surface area contributed by atoms with E-state index < -0.39 is 0 Å². The van der Waals surface area contributed by atoms with Crippen molar-refractivity contribution in [1.29, 1.82) is 5.26 Å². The molecule has 1 spiro atoms. The van der Waals surface area contributed by atoms with Gasteiger partial charge in [-0.25, -0.2) is 4.98 Å². The first-order valence-corrected chi connectivity index (χ1v) is 9.89. The van der Waals surface area contributed by atoms with Crippen LogP contribution in [0.25, 0.3) is 0 Å². The second kappa shape index (κ2) is 7.59. The molecule has 0 bridgehead atoms. The molecule has 28 heavy (non-hydrogen) atoms. The smallest absolute Gasteiger partial charge is 0.222 e. The van der Waals surface area contributed by atoms with Crippen LogP contribution in [0.1, 0.15) is 42.6 Å². The van der Waals surface area contributed by atoms with Gasteiger partial charge in [-0.2, -0.15) is 5.26 Å². The zero-order valence-corrected chi connectivity index (χ0v) is 16.3. The van der Waals surface area contributed by atoms with Crippen LogP contribution in [0.4, 0.5) is 5.82 Å². The van der Waals surface area contributed by atoms with Gasteiger partial charge in [0.05, 0.1) is 17.8 Å². The minimum absolute atomic E-state index is 0.0547. The lowest BCUT2D eigenvalue weighted by atomic mass is 9.73. The Morgan fingerprint density at radius 3 is 2.89 bits per heavy atom. The van der Waals surface area contributed by atoms with E-state index in [-0.39, 0.29) is 11.3 Å². The summed E-state index contributed by atoms with van der Waals surface area (Å²) in [4.78, 5) is 25.8. The van der Waals surface area contributed by atoms with E-state index >= 15 is 0 Å². The number of likely N-dealkylation sites (tertiary alicyclic amines) is 1. The summed E-state index contributed by atoms with van der Waals surface area (Å²) in [5.41, 5.74) is 2.52. The van der Waals surface area contributed by atoms with E-state index in [2.05, 4.69) is 20.9 Å². The highest BCUT2D eigenvalue weighted by Crippen LogP contribution is 2.40. The lowest BCUT2D eigenvalue weighted by Gasteiger charge is -2.48. The van der Waals surface area contributed by atoms with Crippen LogP contribution in [0.15, 0.2) is 36.5 Å². The van der Waals surface area contributed by atoms with Crippen LogP contribution >= 0.6 is 0 Å². The molecule has 6 heteroatoms. The van der Waals surface area contributed by atoms with Gasteiger partial charge in [0.1, 0.15) is 11.9 Å². The molecule has 6 nitrogen and oxygen atoms in total. The maximum Gasteiger partial charge on any atom is 0.222 e.